The Morgan fingerprint density at radius 1 is 1.14 bits per heavy atom. The van der Waals surface area contributed by atoms with Gasteiger partial charge in [-0.15, -0.1) is 10.2 Å². The first-order valence-electron chi connectivity index (χ1n) is 8.69. The minimum absolute atomic E-state index is 0.00949. The minimum atomic E-state index is -4.91. The third-order valence-electron chi connectivity index (χ3n) is 5.16. The normalized spacial score (nSPS) is 15.6. The topological polar surface area (TPSA) is 63.8 Å². The zero-order chi connectivity index (χ0) is 21.1. The molecule has 10 heteroatoms. The van der Waals surface area contributed by atoms with Crippen LogP contribution in [-0.4, -0.2) is 31.0 Å². The summed E-state index contributed by atoms with van der Waals surface area (Å²) in [6, 6.07) is 2.61. The molecule has 0 bridgehead atoms. The zero-order valence-electron chi connectivity index (χ0n) is 15.3. The summed E-state index contributed by atoms with van der Waals surface area (Å²) >= 11 is 6.32. The van der Waals surface area contributed by atoms with E-state index >= 15 is 4.39 Å². The van der Waals surface area contributed by atoms with E-state index < -0.39 is 23.2 Å². The van der Waals surface area contributed by atoms with Gasteiger partial charge in [0.05, 0.1) is 5.69 Å². The molecule has 1 aliphatic rings. The van der Waals surface area contributed by atoms with Crippen LogP contribution in [0.1, 0.15) is 29.7 Å². The van der Waals surface area contributed by atoms with Crippen molar-refractivity contribution >= 4 is 11.6 Å². The lowest BCUT2D eigenvalue weighted by Crippen LogP contribution is -2.39. The van der Waals surface area contributed by atoms with E-state index in [4.69, 9.17) is 11.6 Å². The molecular formula is C19H15ClF4N4O. The molecule has 0 spiro atoms. The van der Waals surface area contributed by atoms with E-state index in [1.165, 1.54) is 6.20 Å². The molecule has 0 aliphatic carbocycles. The summed E-state index contributed by atoms with van der Waals surface area (Å²) < 4.78 is 56.4. The number of hydrogen-bond donors (Lipinski definition) is 1. The van der Waals surface area contributed by atoms with Gasteiger partial charge < -0.3 is 5.11 Å². The van der Waals surface area contributed by atoms with Crippen LogP contribution >= 0.6 is 11.6 Å². The molecule has 1 aliphatic heterocycles. The first-order valence-corrected chi connectivity index (χ1v) is 9.07. The maximum atomic E-state index is 15.2. The third kappa shape index (κ3) is 3.00. The van der Waals surface area contributed by atoms with Gasteiger partial charge in [0.2, 0.25) is 0 Å². The van der Waals surface area contributed by atoms with Crippen molar-refractivity contribution in [2.45, 2.75) is 38.5 Å². The van der Waals surface area contributed by atoms with Crippen molar-refractivity contribution in [3.05, 3.63) is 58.1 Å². The van der Waals surface area contributed by atoms with Crippen LogP contribution < -0.4 is 0 Å². The molecule has 0 saturated carbocycles. The van der Waals surface area contributed by atoms with E-state index in [1.54, 1.807) is 17.6 Å². The predicted molar refractivity (Wildman–Crippen MR) is 97.3 cm³/mol. The number of aryl methyl sites for hydroxylation is 3. The van der Waals surface area contributed by atoms with E-state index in [2.05, 4.69) is 15.2 Å². The average Bonchev–Trinajstić information content (AvgIpc) is 3.04. The summed E-state index contributed by atoms with van der Waals surface area (Å²) in [6.45, 7) is 2.35. The van der Waals surface area contributed by atoms with Crippen molar-refractivity contribution in [2.75, 3.05) is 0 Å². The van der Waals surface area contributed by atoms with Gasteiger partial charge in [-0.05, 0) is 38.0 Å². The smallest absolute Gasteiger partial charge is 0.376 e. The van der Waals surface area contributed by atoms with Gasteiger partial charge in [0, 0.05) is 35.5 Å². The van der Waals surface area contributed by atoms with E-state index in [1.807, 2.05) is 0 Å². The molecule has 29 heavy (non-hydrogen) atoms. The Hall–Kier alpha value is -2.52. The molecule has 5 nitrogen and oxygen atoms in total. The number of alkyl halides is 3. The lowest BCUT2D eigenvalue weighted by Gasteiger charge is -2.27. The lowest BCUT2D eigenvalue weighted by molar-refractivity contribution is -0.259. The molecule has 2 aromatic heterocycles. The summed E-state index contributed by atoms with van der Waals surface area (Å²) in [5.41, 5.74) is -2.37. The molecule has 3 heterocycles. The molecule has 4 rings (SSSR count). The fourth-order valence-electron chi connectivity index (χ4n) is 3.43. The van der Waals surface area contributed by atoms with Gasteiger partial charge in [-0.3, -0.25) is 9.55 Å². The molecule has 0 unspecified atom stereocenters. The second kappa shape index (κ2) is 6.50. The molecule has 1 aromatic carbocycles. The minimum Gasteiger partial charge on any atom is -0.376 e. The van der Waals surface area contributed by atoms with E-state index in [-0.39, 0.29) is 16.1 Å². The molecule has 0 saturated heterocycles. The fourth-order valence-corrected chi connectivity index (χ4v) is 3.74. The van der Waals surface area contributed by atoms with Crippen LogP contribution in [0.3, 0.4) is 0 Å². The number of pyridine rings is 1. The largest absolute Gasteiger partial charge is 0.421 e. The molecule has 1 atom stereocenters. The number of fused-ring (bicyclic) bond motifs is 3. The Labute approximate surface area is 168 Å². The number of nitrogens with zero attached hydrogens (tertiary/aromatic N) is 4. The highest BCUT2D eigenvalue weighted by molar-refractivity contribution is 6.33. The standard InChI is InChI=1S/C19H15ClF4N4O/c1-9-26-27-14-4-3-10-6-13(16(21)15(20)17(10)28(9)14)11-5-12(8-25-7-11)18(2,29)19(22,23)24/h5-8,29H,3-4H2,1-2H3/t18-/m0/s1. The number of aromatic nitrogens is 4. The number of halogens is 5. The number of hydrogen-bond acceptors (Lipinski definition) is 4. The Morgan fingerprint density at radius 3 is 2.55 bits per heavy atom. The van der Waals surface area contributed by atoms with Crippen molar-refractivity contribution in [3.63, 3.8) is 0 Å². The predicted octanol–water partition coefficient (Wildman–Crippen LogP) is 4.30. The van der Waals surface area contributed by atoms with Gasteiger partial charge in [0.15, 0.2) is 11.4 Å². The second-order valence-corrected chi connectivity index (χ2v) is 7.47. The quantitative estimate of drug-likeness (QED) is 0.621. The van der Waals surface area contributed by atoms with Gasteiger partial charge in [-0.25, -0.2) is 4.39 Å². The van der Waals surface area contributed by atoms with E-state index in [0.717, 1.165) is 17.8 Å². The van der Waals surface area contributed by atoms with E-state index in [9.17, 15) is 18.3 Å². The second-order valence-electron chi connectivity index (χ2n) is 7.09. The summed E-state index contributed by atoms with van der Waals surface area (Å²) in [7, 11) is 0. The Balaban J connectivity index is 1.88. The summed E-state index contributed by atoms with van der Waals surface area (Å²) in [5, 5.41) is 17.8. The Morgan fingerprint density at radius 2 is 1.86 bits per heavy atom. The molecule has 0 amide bonds. The average molecular weight is 427 g/mol. The van der Waals surface area contributed by atoms with Crippen LogP contribution in [0, 0.1) is 12.7 Å². The van der Waals surface area contributed by atoms with Crippen molar-refractivity contribution in [3.8, 4) is 16.8 Å². The van der Waals surface area contributed by atoms with E-state index in [0.29, 0.717) is 37.1 Å². The first kappa shape index (κ1) is 19.8. The highest BCUT2D eigenvalue weighted by Crippen LogP contribution is 2.41. The van der Waals surface area contributed by atoms with Gasteiger partial charge in [0.1, 0.15) is 16.7 Å². The third-order valence-corrected chi connectivity index (χ3v) is 5.50. The number of benzene rings is 1. The van der Waals surface area contributed by atoms with Crippen molar-refractivity contribution < 1.29 is 22.7 Å². The molecule has 0 radical (unpaired) electrons. The summed E-state index contributed by atoms with van der Waals surface area (Å²) in [6.07, 6.45) is -1.69. The van der Waals surface area contributed by atoms with Gasteiger partial charge in [-0.2, -0.15) is 13.2 Å². The number of aliphatic hydroxyl groups is 1. The molecule has 152 valence electrons. The van der Waals surface area contributed by atoms with Gasteiger partial charge in [-0.1, -0.05) is 11.6 Å². The van der Waals surface area contributed by atoms with Crippen molar-refractivity contribution in [1.82, 2.24) is 19.7 Å². The highest BCUT2D eigenvalue weighted by Gasteiger charge is 2.51. The van der Waals surface area contributed by atoms with Gasteiger partial charge in [0.25, 0.3) is 0 Å². The highest BCUT2D eigenvalue weighted by atomic mass is 35.5. The zero-order valence-corrected chi connectivity index (χ0v) is 16.1. The van der Waals surface area contributed by atoms with Crippen molar-refractivity contribution in [2.24, 2.45) is 0 Å². The summed E-state index contributed by atoms with van der Waals surface area (Å²) in [5.74, 6) is 0.422. The number of rotatable bonds is 2. The molecular weight excluding hydrogens is 412 g/mol. The van der Waals surface area contributed by atoms with Gasteiger partial charge >= 0.3 is 6.18 Å². The SMILES string of the molecule is Cc1nnc2n1-c1c(cc(-c3cncc([C@](C)(O)C(F)(F)F)c3)c(F)c1Cl)CC2. The monoisotopic (exact) mass is 426 g/mol. The Bertz CT molecular complexity index is 1120. The Kier molecular flexibility index (Phi) is 4.43. The molecule has 3 aromatic rings. The van der Waals surface area contributed by atoms with Crippen LogP contribution in [0.15, 0.2) is 24.5 Å². The van der Waals surface area contributed by atoms with Crippen LogP contribution in [0.5, 0.6) is 0 Å². The lowest BCUT2D eigenvalue weighted by atomic mass is 9.92. The maximum absolute atomic E-state index is 15.2. The molecule has 1 N–H and O–H groups in total. The van der Waals surface area contributed by atoms with Crippen LogP contribution in [-0.2, 0) is 18.4 Å². The summed E-state index contributed by atoms with van der Waals surface area (Å²) in [4.78, 5) is 3.77. The first-order chi connectivity index (χ1) is 13.5. The fraction of sp³-hybridized carbons (Fsp3) is 0.316. The maximum Gasteiger partial charge on any atom is 0.421 e. The van der Waals surface area contributed by atoms with Crippen LogP contribution in [0.4, 0.5) is 17.6 Å². The van der Waals surface area contributed by atoms with Crippen LogP contribution in [0.25, 0.3) is 16.8 Å². The van der Waals surface area contributed by atoms with Crippen molar-refractivity contribution in [1.29, 1.82) is 0 Å². The molecule has 0 fully saturated rings. The van der Waals surface area contributed by atoms with Crippen LogP contribution in [0.2, 0.25) is 5.02 Å².